The van der Waals surface area contributed by atoms with E-state index in [1.165, 1.54) is 19.3 Å². The molecule has 2 aliphatic carbocycles. The largest absolute Gasteiger partial charge is 0.490 e. The fourth-order valence-corrected chi connectivity index (χ4v) is 4.52. The molecule has 1 heterocycles. The van der Waals surface area contributed by atoms with Crippen molar-refractivity contribution in [1.82, 2.24) is 15.5 Å². The molecule has 3 aromatic rings. The predicted molar refractivity (Wildman–Crippen MR) is 124 cm³/mol. The number of rotatable bonds is 8. The lowest BCUT2D eigenvalue weighted by molar-refractivity contribution is -0.145. The maximum atomic E-state index is 10.9. The van der Waals surface area contributed by atoms with E-state index in [4.69, 9.17) is 14.3 Å². The van der Waals surface area contributed by atoms with E-state index >= 15 is 0 Å². The molecule has 2 N–H and O–H groups in total. The standard InChI is InChI=1S/C26H29N3O4/c30-26(31)20-14-21(15-20)27-16-17-6-8-18(9-7-17)24-28-29-25(33-24)19-10-12-23(13-11-19)32-22-4-2-1-3-5-22/h6-13,20-22,27H,1-5,14-16H2,(H,30,31). The summed E-state index contributed by atoms with van der Waals surface area (Å²) >= 11 is 0. The van der Waals surface area contributed by atoms with E-state index in [0.717, 1.165) is 35.3 Å². The van der Waals surface area contributed by atoms with Crippen LogP contribution < -0.4 is 10.1 Å². The van der Waals surface area contributed by atoms with Gasteiger partial charge in [0.05, 0.1) is 12.0 Å². The molecule has 2 aliphatic rings. The second kappa shape index (κ2) is 9.75. The topological polar surface area (TPSA) is 97.5 Å². The molecule has 172 valence electrons. The summed E-state index contributed by atoms with van der Waals surface area (Å²) in [6.07, 6.45) is 7.81. The van der Waals surface area contributed by atoms with Gasteiger partial charge in [-0.1, -0.05) is 18.6 Å². The molecule has 7 nitrogen and oxygen atoms in total. The number of hydrogen-bond acceptors (Lipinski definition) is 6. The molecule has 0 bridgehead atoms. The highest BCUT2D eigenvalue weighted by Gasteiger charge is 2.33. The molecule has 2 fully saturated rings. The summed E-state index contributed by atoms with van der Waals surface area (Å²) in [6, 6.07) is 16.1. The van der Waals surface area contributed by atoms with Gasteiger partial charge in [-0.05, 0) is 80.5 Å². The van der Waals surface area contributed by atoms with E-state index in [1.807, 2.05) is 48.5 Å². The van der Waals surface area contributed by atoms with Gasteiger partial charge in [0, 0.05) is 23.7 Å². The third-order valence-corrected chi connectivity index (χ3v) is 6.66. The minimum Gasteiger partial charge on any atom is -0.490 e. The molecule has 0 radical (unpaired) electrons. The first-order valence-electron chi connectivity index (χ1n) is 11.8. The maximum absolute atomic E-state index is 10.9. The zero-order valence-corrected chi connectivity index (χ0v) is 18.6. The Morgan fingerprint density at radius 1 is 0.939 bits per heavy atom. The average Bonchev–Trinajstić information content (AvgIpc) is 3.30. The van der Waals surface area contributed by atoms with Gasteiger partial charge in [-0.2, -0.15) is 0 Å². The summed E-state index contributed by atoms with van der Waals surface area (Å²) in [5, 5.41) is 20.8. The van der Waals surface area contributed by atoms with Crippen LogP contribution in [0.1, 0.15) is 50.5 Å². The van der Waals surface area contributed by atoms with E-state index in [1.54, 1.807) is 0 Å². The van der Waals surface area contributed by atoms with Crippen LogP contribution in [0.25, 0.3) is 22.9 Å². The lowest BCUT2D eigenvalue weighted by Crippen LogP contribution is -2.43. The molecular formula is C26H29N3O4. The van der Waals surface area contributed by atoms with Gasteiger partial charge in [0.2, 0.25) is 11.8 Å². The summed E-state index contributed by atoms with van der Waals surface area (Å²) in [5.74, 6) is 0.959. The molecular weight excluding hydrogens is 418 g/mol. The van der Waals surface area contributed by atoms with Gasteiger partial charge in [0.1, 0.15) is 5.75 Å². The minimum absolute atomic E-state index is 0.197. The number of benzene rings is 2. The molecule has 0 spiro atoms. The summed E-state index contributed by atoms with van der Waals surface area (Å²) in [4.78, 5) is 10.9. The molecule has 2 aromatic carbocycles. The Kier molecular flexibility index (Phi) is 6.39. The van der Waals surface area contributed by atoms with E-state index in [0.29, 0.717) is 37.3 Å². The Morgan fingerprint density at radius 3 is 2.15 bits per heavy atom. The molecule has 33 heavy (non-hydrogen) atoms. The van der Waals surface area contributed by atoms with E-state index in [-0.39, 0.29) is 12.0 Å². The Hall–Kier alpha value is -3.19. The molecule has 0 unspecified atom stereocenters. The van der Waals surface area contributed by atoms with Crippen molar-refractivity contribution in [1.29, 1.82) is 0 Å². The van der Waals surface area contributed by atoms with Crippen LogP contribution in [0.5, 0.6) is 5.75 Å². The monoisotopic (exact) mass is 447 g/mol. The number of nitrogens with zero attached hydrogens (tertiary/aromatic N) is 2. The van der Waals surface area contributed by atoms with Crippen LogP contribution in [0.4, 0.5) is 0 Å². The zero-order chi connectivity index (χ0) is 22.6. The quantitative estimate of drug-likeness (QED) is 0.498. The number of carboxylic acids is 1. The van der Waals surface area contributed by atoms with Crippen molar-refractivity contribution >= 4 is 5.97 Å². The van der Waals surface area contributed by atoms with Crippen molar-refractivity contribution in [2.75, 3.05) is 0 Å². The summed E-state index contributed by atoms with van der Waals surface area (Å²) in [7, 11) is 0. The summed E-state index contributed by atoms with van der Waals surface area (Å²) < 4.78 is 12.0. The van der Waals surface area contributed by atoms with E-state index in [9.17, 15) is 4.79 Å². The lowest BCUT2D eigenvalue weighted by Gasteiger charge is -2.33. The number of aliphatic carboxylic acids is 1. The Labute approximate surface area is 193 Å². The number of carbonyl (C=O) groups is 1. The lowest BCUT2D eigenvalue weighted by atomic mass is 9.80. The van der Waals surface area contributed by atoms with Gasteiger partial charge in [-0.25, -0.2) is 0 Å². The van der Waals surface area contributed by atoms with Crippen molar-refractivity contribution in [3.8, 4) is 28.7 Å². The Balaban J connectivity index is 1.16. The third-order valence-electron chi connectivity index (χ3n) is 6.66. The Morgan fingerprint density at radius 2 is 1.55 bits per heavy atom. The summed E-state index contributed by atoms with van der Waals surface area (Å²) in [6.45, 7) is 0.710. The third kappa shape index (κ3) is 5.25. The number of aromatic nitrogens is 2. The molecule has 1 aromatic heterocycles. The van der Waals surface area contributed by atoms with Crippen LogP contribution in [0.2, 0.25) is 0 Å². The predicted octanol–water partition coefficient (Wildman–Crippen LogP) is 5.07. The van der Waals surface area contributed by atoms with Gasteiger partial charge >= 0.3 is 5.97 Å². The first-order valence-corrected chi connectivity index (χ1v) is 11.8. The SMILES string of the molecule is O=C(O)C1CC(NCc2ccc(-c3nnc(-c4ccc(OC5CCCCC5)cc4)o3)cc2)C1. The van der Waals surface area contributed by atoms with Gasteiger partial charge in [-0.3, -0.25) is 4.79 Å². The number of ether oxygens (including phenoxy) is 1. The highest BCUT2D eigenvalue weighted by atomic mass is 16.5. The highest BCUT2D eigenvalue weighted by Crippen LogP contribution is 2.29. The van der Waals surface area contributed by atoms with Crippen molar-refractivity contribution in [2.24, 2.45) is 5.92 Å². The zero-order valence-electron chi connectivity index (χ0n) is 18.6. The van der Waals surface area contributed by atoms with Gasteiger partial charge in [-0.15, -0.1) is 10.2 Å². The summed E-state index contributed by atoms with van der Waals surface area (Å²) in [5.41, 5.74) is 2.86. The molecule has 5 rings (SSSR count). The second-order valence-electron chi connectivity index (χ2n) is 9.10. The molecule has 2 saturated carbocycles. The molecule has 7 heteroatoms. The number of carboxylic acid groups (broad SMARTS) is 1. The van der Waals surface area contributed by atoms with E-state index < -0.39 is 5.97 Å². The van der Waals surface area contributed by atoms with Gasteiger partial charge in [0.25, 0.3) is 0 Å². The maximum Gasteiger partial charge on any atom is 0.306 e. The molecule has 0 aliphatic heterocycles. The first kappa shape index (κ1) is 21.6. The van der Waals surface area contributed by atoms with Crippen LogP contribution in [-0.2, 0) is 11.3 Å². The van der Waals surface area contributed by atoms with Gasteiger partial charge in [0.15, 0.2) is 0 Å². The number of hydrogen-bond donors (Lipinski definition) is 2. The molecule has 0 amide bonds. The fraction of sp³-hybridized carbons (Fsp3) is 0.423. The van der Waals surface area contributed by atoms with Crippen LogP contribution in [-0.4, -0.2) is 33.4 Å². The first-order chi connectivity index (χ1) is 16.1. The van der Waals surface area contributed by atoms with Crippen LogP contribution in [0.3, 0.4) is 0 Å². The van der Waals surface area contributed by atoms with Crippen LogP contribution >= 0.6 is 0 Å². The fourth-order valence-electron chi connectivity index (χ4n) is 4.52. The minimum atomic E-state index is -0.694. The second-order valence-corrected chi connectivity index (χ2v) is 9.10. The van der Waals surface area contributed by atoms with E-state index in [2.05, 4.69) is 15.5 Å². The normalized spacial score (nSPS) is 20.8. The van der Waals surface area contributed by atoms with Crippen molar-refractivity contribution in [2.45, 2.75) is 63.6 Å². The van der Waals surface area contributed by atoms with Crippen LogP contribution in [0, 0.1) is 5.92 Å². The molecule has 0 atom stereocenters. The van der Waals surface area contributed by atoms with Crippen LogP contribution in [0.15, 0.2) is 52.9 Å². The number of nitrogens with one attached hydrogen (secondary N) is 1. The molecule has 0 saturated heterocycles. The highest BCUT2D eigenvalue weighted by molar-refractivity contribution is 5.71. The Bertz CT molecular complexity index is 1070. The average molecular weight is 448 g/mol. The smallest absolute Gasteiger partial charge is 0.306 e. The van der Waals surface area contributed by atoms with Gasteiger partial charge < -0.3 is 19.6 Å². The van der Waals surface area contributed by atoms with Crippen molar-refractivity contribution in [3.63, 3.8) is 0 Å². The van der Waals surface area contributed by atoms with Crippen molar-refractivity contribution in [3.05, 3.63) is 54.1 Å². The van der Waals surface area contributed by atoms with Crippen molar-refractivity contribution < 1.29 is 19.1 Å².